The molecule has 2 aromatic carbocycles. The molecule has 0 aliphatic heterocycles. The average Bonchev–Trinajstić information content (AvgIpc) is 2.89. The van der Waals surface area contributed by atoms with Crippen molar-refractivity contribution in [1.29, 1.82) is 0 Å². The van der Waals surface area contributed by atoms with Gasteiger partial charge in [-0.3, -0.25) is 4.57 Å². The van der Waals surface area contributed by atoms with Crippen LogP contribution in [0.15, 0.2) is 60.9 Å². The lowest BCUT2D eigenvalue weighted by Gasteiger charge is -2.08. The summed E-state index contributed by atoms with van der Waals surface area (Å²) in [4.78, 5) is 0. The van der Waals surface area contributed by atoms with E-state index in [-0.39, 0.29) is 0 Å². The van der Waals surface area contributed by atoms with Crippen molar-refractivity contribution in [3.63, 3.8) is 0 Å². The smallest absolute Gasteiger partial charge is 0.168 e. The van der Waals surface area contributed by atoms with Crippen LogP contribution < -0.4 is 0 Å². The van der Waals surface area contributed by atoms with Crippen LogP contribution >= 0.6 is 0 Å². The highest BCUT2D eigenvalue weighted by molar-refractivity contribution is 5.62. The molecule has 3 rings (SSSR count). The summed E-state index contributed by atoms with van der Waals surface area (Å²) < 4.78 is 2.00. The van der Waals surface area contributed by atoms with Gasteiger partial charge in [-0.15, -0.1) is 10.2 Å². The quantitative estimate of drug-likeness (QED) is 0.682. The van der Waals surface area contributed by atoms with Crippen LogP contribution in [0, 0.1) is 6.92 Å². The summed E-state index contributed by atoms with van der Waals surface area (Å²) in [5.41, 5.74) is 3.38. The third-order valence-corrected chi connectivity index (χ3v) is 2.97. The minimum atomic E-state index is 0.874. The Labute approximate surface area is 106 Å². The Hall–Kier alpha value is -2.42. The fourth-order valence-electron chi connectivity index (χ4n) is 2.02. The number of nitrogens with zero attached hydrogens (tertiary/aromatic N) is 3. The molecule has 0 amide bonds. The van der Waals surface area contributed by atoms with Gasteiger partial charge in [-0.1, -0.05) is 42.5 Å². The van der Waals surface area contributed by atoms with Crippen molar-refractivity contribution in [2.24, 2.45) is 0 Å². The van der Waals surface area contributed by atoms with Crippen LogP contribution in [0.25, 0.3) is 17.1 Å². The van der Waals surface area contributed by atoms with E-state index in [2.05, 4.69) is 29.3 Å². The summed E-state index contributed by atoms with van der Waals surface area (Å²) in [7, 11) is 0. The van der Waals surface area contributed by atoms with Gasteiger partial charge in [0.1, 0.15) is 6.33 Å². The van der Waals surface area contributed by atoms with E-state index in [1.807, 2.05) is 47.0 Å². The van der Waals surface area contributed by atoms with Crippen molar-refractivity contribution in [1.82, 2.24) is 14.8 Å². The molecule has 0 saturated carbocycles. The topological polar surface area (TPSA) is 30.7 Å². The van der Waals surface area contributed by atoms with Crippen molar-refractivity contribution in [2.45, 2.75) is 6.92 Å². The Kier molecular flexibility index (Phi) is 2.65. The molecule has 3 heteroatoms. The molecular formula is C15H13N3. The third-order valence-electron chi connectivity index (χ3n) is 2.97. The van der Waals surface area contributed by atoms with E-state index < -0.39 is 0 Å². The zero-order valence-corrected chi connectivity index (χ0v) is 10.1. The predicted molar refractivity (Wildman–Crippen MR) is 71.5 cm³/mol. The minimum Gasteiger partial charge on any atom is -0.282 e. The summed E-state index contributed by atoms with van der Waals surface area (Å²) in [6, 6.07) is 18.3. The van der Waals surface area contributed by atoms with Gasteiger partial charge in [-0.05, 0) is 24.6 Å². The number of para-hydroxylation sites is 1. The zero-order valence-electron chi connectivity index (χ0n) is 10.1. The third kappa shape index (κ3) is 1.80. The first-order valence-electron chi connectivity index (χ1n) is 5.88. The molecule has 0 radical (unpaired) electrons. The minimum absolute atomic E-state index is 0.874. The van der Waals surface area contributed by atoms with Crippen LogP contribution in [0.5, 0.6) is 0 Å². The maximum Gasteiger partial charge on any atom is 0.168 e. The highest BCUT2D eigenvalue weighted by Gasteiger charge is 2.10. The zero-order chi connectivity index (χ0) is 12.4. The molecule has 0 atom stereocenters. The lowest BCUT2D eigenvalue weighted by Crippen LogP contribution is -1.97. The van der Waals surface area contributed by atoms with Gasteiger partial charge in [0.2, 0.25) is 0 Å². The Bertz CT molecular complexity index is 656. The number of hydrogen-bond acceptors (Lipinski definition) is 2. The second-order valence-electron chi connectivity index (χ2n) is 4.18. The lowest BCUT2D eigenvalue weighted by atomic mass is 10.1. The maximum atomic E-state index is 4.24. The molecule has 0 unspecified atom stereocenters. The van der Waals surface area contributed by atoms with Gasteiger partial charge in [-0.25, -0.2) is 0 Å². The second kappa shape index (κ2) is 4.45. The van der Waals surface area contributed by atoms with Gasteiger partial charge in [0, 0.05) is 11.3 Å². The van der Waals surface area contributed by atoms with Crippen molar-refractivity contribution in [3.8, 4) is 17.1 Å². The molecule has 1 aromatic heterocycles. The summed E-state index contributed by atoms with van der Waals surface area (Å²) >= 11 is 0. The first-order chi connectivity index (χ1) is 8.86. The Morgan fingerprint density at radius 1 is 0.889 bits per heavy atom. The van der Waals surface area contributed by atoms with E-state index in [4.69, 9.17) is 0 Å². The Balaban J connectivity index is 2.16. The molecule has 0 bridgehead atoms. The van der Waals surface area contributed by atoms with E-state index in [1.54, 1.807) is 6.33 Å². The molecule has 0 fully saturated rings. The number of aromatic nitrogens is 3. The fourth-order valence-corrected chi connectivity index (χ4v) is 2.02. The van der Waals surface area contributed by atoms with Gasteiger partial charge in [-0.2, -0.15) is 0 Å². The van der Waals surface area contributed by atoms with Crippen molar-refractivity contribution >= 4 is 0 Å². The molecule has 88 valence electrons. The van der Waals surface area contributed by atoms with Crippen LogP contribution in [-0.2, 0) is 0 Å². The normalized spacial score (nSPS) is 10.5. The van der Waals surface area contributed by atoms with E-state index in [0.717, 1.165) is 17.1 Å². The van der Waals surface area contributed by atoms with Crippen LogP contribution in [0.4, 0.5) is 0 Å². The summed E-state index contributed by atoms with van der Waals surface area (Å²) in [6.07, 6.45) is 1.75. The Morgan fingerprint density at radius 3 is 2.39 bits per heavy atom. The SMILES string of the molecule is Cc1ccccc1-c1nncn1-c1ccccc1. The van der Waals surface area contributed by atoms with Crippen molar-refractivity contribution in [3.05, 3.63) is 66.5 Å². The van der Waals surface area contributed by atoms with Gasteiger partial charge >= 0.3 is 0 Å². The molecule has 0 spiro atoms. The first kappa shape index (κ1) is 10.7. The van der Waals surface area contributed by atoms with E-state index in [0.29, 0.717) is 0 Å². The molecule has 0 saturated heterocycles. The molecule has 3 aromatic rings. The maximum absolute atomic E-state index is 4.24. The monoisotopic (exact) mass is 235 g/mol. The Morgan fingerprint density at radius 2 is 1.61 bits per heavy atom. The van der Waals surface area contributed by atoms with Crippen LogP contribution in [-0.4, -0.2) is 14.8 Å². The number of hydrogen-bond donors (Lipinski definition) is 0. The summed E-state index contributed by atoms with van der Waals surface area (Å²) in [6.45, 7) is 2.08. The highest BCUT2D eigenvalue weighted by Crippen LogP contribution is 2.23. The number of benzene rings is 2. The predicted octanol–water partition coefficient (Wildman–Crippen LogP) is 3.24. The molecular weight excluding hydrogens is 222 g/mol. The molecule has 0 aliphatic carbocycles. The number of rotatable bonds is 2. The molecule has 18 heavy (non-hydrogen) atoms. The summed E-state index contributed by atoms with van der Waals surface area (Å²) in [5.74, 6) is 0.874. The fraction of sp³-hybridized carbons (Fsp3) is 0.0667. The lowest BCUT2D eigenvalue weighted by molar-refractivity contribution is 1.06. The van der Waals surface area contributed by atoms with Gasteiger partial charge in [0.05, 0.1) is 0 Å². The van der Waals surface area contributed by atoms with Crippen molar-refractivity contribution in [2.75, 3.05) is 0 Å². The van der Waals surface area contributed by atoms with Gasteiger partial charge in [0.25, 0.3) is 0 Å². The molecule has 0 N–H and O–H groups in total. The van der Waals surface area contributed by atoms with E-state index in [1.165, 1.54) is 5.56 Å². The van der Waals surface area contributed by atoms with Gasteiger partial charge < -0.3 is 0 Å². The first-order valence-corrected chi connectivity index (χ1v) is 5.88. The number of aryl methyl sites for hydroxylation is 1. The highest BCUT2D eigenvalue weighted by atomic mass is 15.3. The largest absolute Gasteiger partial charge is 0.282 e. The summed E-state index contributed by atoms with van der Waals surface area (Å²) in [5, 5.41) is 8.27. The van der Waals surface area contributed by atoms with Crippen LogP contribution in [0.1, 0.15) is 5.56 Å². The molecule has 0 aliphatic rings. The van der Waals surface area contributed by atoms with E-state index in [9.17, 15) is 0 Å². The average molecular weight is 235 g/mol. The van der Waals surface area contributed by atoms with Crippen LogP contribution in [0.3, 0.4) is 0 Å². The van der Waals surface area contributed by atoms with Crippen LogP contribution in [0.2, 0.25) is 0 Å². The molecule has 3 nitrogen and oxygen atoms in total. The molecule has 1 heterocycles. The van der Waals surface area contributed by atoms with Gasteiger partial charge in [0.15, 0.2) is 5.82 Å². The standard InChI is InChI=1S/C15H13N3/c1-12-7-5-6-10-14(12)15-17-16-11-18(15)13-8-3-2-4-9-13/h2-11H,1H3. The second-order valence-corrected chi connectivity index (χ2v) is 4.18. The van der Waals surface area contributed by atoms with E-state index >= 15 is 0 Å². The van der Waals surface area contributed by atoms with Crippen molar-refractivity contribution < 1.29 is 0 Å².